The minimum Gasteiger partial charge on any atom is -0.379 e. The van der Waals surface area contributed by atoms with Gasteiger partial charge in [0.05, 0.1) is 31.2 Å². The van der Waals surface area contributed by atoms with Crippen LogP contribution in [0.15, 0.2) is 18.5 Å². The molecule has 0 unspecified atom stereocenters. The van der Waals surface area contributed by atoms with Gasteiger partial charge in [0.2, 0.25) is 0 Å². The second-order valence-electron chi connectivity index (χ2n) is 9.00. The fraction of sp³-hybridized carbons (Fsp3) is 0.609. The van der Waals surface area contributed by atoms with Gasteiger partial charge in [0.25, 0.3) is 0 Å². The van der Waals surface area contributed by atoms with Crippen molar-refractivity contribution in [1.82, 2.24) is 24.6 Å². The second-order valence-corrected chi connectivity index (χ2v) is 10.1. The van der Waals surface area contributed by atoms with Gasteiger partial charge < -0.3 is 10.1 Å². The summed E-state index contributed by atoms with van der Waals surface area (Å²) in [7, 11) is 0. The highest BCUT2D eigenvalue weighted by Crippen LogP contribution is 2.41. The van der Waals surface area contributed by atoms with E-state index in [2.05, 4.69) is 26.2 Å². The highest BCUT2D eigenvalue weighted by molar-refractivity contribution is 7.19. The number of nitrogens with one attached hydrogen (secondary N) is 1. The molecule has 0 radical (unpaired) electrons. The normalized spacial score (nSPS) is 24.5. The molecule has 3 aromatic heterocycles. The van der Waals surface area contributed by atoms with Crippen molar-refractivity contribution in [1.29, 1.82) is 0 Å². The monoisotopic (exact) mass is 438 g/mol. The van der Waals surface area contributed by atoms with E-state index in [4.69, 9.17) is 14.7 Å². The molecule has 2 fully saturated rings. The predicted octanol–water partition coefficient (Wildman–Crippen LogP) is 3.80. The first-order valence-corrected chi connectivity index (χ1v) is 12.5. The summed E-state index contributed by atoms with van der Waals surface area (Å²) in [6, 6.07) is 2.75. The van der Waals surface area contributed by atoms with Crippen molar-refractivity contribution in [2.45, 2.75) is 63.6 Å². The van der Waals surface area contributed by atoms with Crippen molar-refractivity contribution >= 4 is 27.4 Å². The van der Waals surface area contributed by atoms with Gasteiger partial charge >= 0.3 is 0 Å². The van der Waals surface area contributed by atoms with Crippen molar-refractivity contribution in [2.24, 2.45) is 0 Å². The predicted molar refractivity (Wildman–Crippen MR) is 123 cm³/mol. The average molecular weight is 439 g/mol. The van der Waals surface area contributed by atoms with Crippen LogP contribution in [0, 0.1) is 0 Å². The Hall–Kier alpha value is -2.03. The molecule has 1 saturated carbocycles. The first-order chi connectivity index (χ1) is 15.3. The van der Waals surface area contributed by atoms with E-state index in [-0.39, 0.29) is 0 Å². The maximum absolute atomic E-state index is 5.52. The summed E-state index contributed by atoms with van der Waals surface area (Å²) in [6.07, 6.45) is 12.4. The van der Waals surface area contributed by atoms with E-state index in [1.54, 1.807) is 0 Å². The maximum atomic E-state index is 5.52. The lowest BCUT2D eigenvalue weighted by Crippen LogP contribution is -2.36. The molecule has 8 heteroatoms. The second kappa shape index (κ2) is 8.48. The summed E-state index contributed by atoms with van der Waals surface area (Å²) in [5.41, 5.74) is 1.49. The van der Waals surface area contributed by atoms with Gasteiger partial charge in [0.1, 0.15) is 16.5 Å². The van der Waals surface area contributed by atoms with Crippen molar-refractivity contribution in [3.63, 3.8) is 0 Å². The van der Waals surface area contributed by atoms with Crippen molar-refractivity contribution in [3.05, 3.63) is 34.7 Å². The Morgan fingerprint density at radius 3 is 2.87 bits per heavy atom. The van der Waals surface area contributed by atoms with E-state index in [1.807, 2.05) is 23.6 Å². The molecule has 2 atom stereocenters. The highest BCUT2D eigenvalue weighted by atomic mass is 32.1. The van der Waals surface area contributed by atoms with Gasteiger partial charge in [0, 0.05) is 36.4 Å². The molecule has 3 aromatic rings. The van der Waals surface area contributed by atoms with E-state index in [0.717, 1.165) is 68.6 Å². The Morgan fingerprint density at radius 1 is 1.10 bits per heavy atom. The Kier molecular flexibility index (Phi) is 5.37. The summed E-state index contributed by atoms with van der Waals surface area (Å²) in [4.78, 5) is 15.2. The fourth-order valence-electron chi connectivity index (χ4n) is 5.42. The number of nitrogens with zero attached hydrogens (tertiary/aromatic N) is 5. The summed E-state index contributed by atoms with van der Waals surface area (Å²) in [5.74, 6) is 1.99. The van der Waals surface area contributed by atoms with Crippen LogP contribution in [0.3, 0.4) is 0 Å². The molecule has 4 heterocycles. The molecule has 31 heavy (non-hydrogen) atoms. The summed E-state index contributed by atoms with van der Waals surface area (Å²) in [5, 5.41) is 9.76. The molecule has 0 amide bonds. The van der Waals surface area contributed by atoms with Gasteiger partial charge in [-0.15, -0.1) is 11.3 Å². The molecular weight excluding hydrogens is 408 g/mol. The number of aryl methyl sites for hydroxylation is 2. The van der Waals surface area contributed by atoms with E-state index >= 15 is 0 Å². The molecule has 7 nitrogen and oxygen atoms in total. The molecule has 1 aliphatic heterocycles. The number of rotatable bonds is 5. The van der Waals surface area contributed by atoms with Crippen LogP contribution in [0.4, 0.5) is 5.82 Å². The number of thiophene rings is 1. The number of hydrogen-bond donors (Lipinski definition) is 1. The lowest BCUT2D eigenvalue weighted by atomic mass is 9.90. The van der Waals surface area contributed by atoms with Crippen molar-refractivity contribution < 1.29 is 4.74 Å². The number of hydrogen-bond acceptors (Lipinski definition) is 7. The average Bonchev–Trinajstić information content (AvgIpc) is 3.52. The molecule has 0 spiro atoms. The quantitative estimate of drug-likeness (QED) is 0.653. The zero-order chi connectivity index (χ0) is 20.6. The lowest BCUT2D eigenvalue weighted by Gasteiger charge is -2.33. The molecule has 1 N–H and O–H groups in total. The summed E-state index contributed by atoms with van der Waals surface area (Å²) in [6.45, 7) is 4.30. The molecule has 2 aliphatic carbocycles. The minimum atomic E-state index is 0.347. The lowest BCUT2D eigenvalue weighted by molar-refractivity contribution is 0.0331. The maximum Gasteiger partial charge on any atom is 0.146 e. The van der Waals surface area contributed by atoms with Gasteiger partial charge in [0.15, 0.2) is 0 Å². The topological polar surface area (TPSA) is 68.1 Å². The van der Waals surface area contributed by atoms with E-state index in [9.17, 15) is 0 Å². The number of fused-ring (bicyclic) bond motifs is 3. The van der Waals surface area contributed by atoms with Crippen LogP contribution in [0.1, 0.15) is 54.4 Å². The van der Waals surface area contributed by atoms with E-state index in [1.165, 1.54) is 41.5 Å². The Bertz CT molecular complexity index is 1040. The molecule has 164 valence electrons. The number of aromatic nitrogens is 4. The van der Waals surface area contributed by atoms with Gasteiger partial charge in [-0.05, 0) is 43.7 Å². The van der Waals surface area contributed by atoms with Crippen molar-refractivity contribution in [3.8, 4) is 0 Å². The Labute approximate surface area is 186 Å². The molecule has 0 bridgehead atoms. The van der Waals surface area contributed by atoms with E-state index < -0.39 is 0 Å². The highest BCUT2D eigenvalue weighted by Gasteiger charge is 2.30. The van der Waals surface area contributed by atoms with Crippen LogP contribution in [0.2, 0.25) is 0 Å². The summed E-state index contributed by atoms with van der Waals surface area (Å²) >= 11 is 1.89. The van der Waals surface area contributed by atoms with Crippen LogP contribution < -0.4 is 5.32 Å². The largest absolute Gasteiger partial charge is 0.379 e. The van der Waals surface area contributed by atoms with Gasteiger partial charge in [-0.2, -0.15) is 5.10 Å². The molecule has 6 rings (SSSR count). The van der Waals surface area contributed by atoms with Gasteiger partial charge in [-0.1, -0.05) is 12.8 Å². The van der Waals surface area contributed by atoms with E-state index in [0.29, 0.717) is 12.1 Å². The standard InChI is InChI=1S/C23H30N6OS/c1-2-7-18(29-10-4-9-24-29)17(6-1)25-22-21-16-5-3-8-19(16)31-23(21)27-20(26-22)15-28-11-13-30-14-12-28/h4,9-10,17-18H,1-3,5-8,11-15H2,(H,25,26,27)/t17-,18-/m0/s1. The third kappa shape index (κ3) is 3.85. The summed E-state index contributed by atoms with van der Waals surface area (Å²) < 4.78 is 7.66. The molecular formula is C23H30N6OS. The zero-order valence-corrected chi connectivity index (χ0v) is 18.7. The van der Waals surface area contributed by atoms with Gasteiger partial charge in [-0.25, -0.2) is 9.97 Å². The minimum absolute atomic E-state index is 0.347. The number of ether oxygens (including phenoxy) is 1. The number of anilines is 1. The Morgan fingerprint density at radius 2 is 2.00 bits per heavy atom. The molecule has 3 aliphatic rings. The number of morpholine rings is 1. The smallest absolute Gasteiger partial charge is 0.146 e. The SMILES string of the molecule is c1cnn([C@H]2CCCC[C@@H]2Nc2nc(CN3CCOCC3)nc3sc4c(c23)CCC4)c1. The molecule has 0 aromatic carbocycles. The van der Waals surface area contributed by atoms with Crippen molar-refractivity contribution in [2.75, 3.05) is 31.6 Å². The third-order valence-electron chi connectivity index (χ3n) is 7.00. The zero-order valence-electron chi connectivity index (χ0n) is 17.9. The van der Waals surface area contributed by atoms with Gasteiger partial charge in [-0.3, -0.25) is 9.58 Å². The van der Waals surface area contributed by atoms with Crippen LogP contribution >= 0.6 is 11.3 Å². The van der Waals surface area contributed by atoms with Crippen LogP contribution in [-0.2, 0) is 24.1 Å². The first kappa shape index (κ1) is 19.6. The van der Waals surface area contributed by atoms with Crippen LogP contribution in [0.5, 0.6) is 0 Å². The first-order valence-electron chi connectivity index (χ1n) is 11.7. The Balaban J connectivity index is 1.35. The van der Waals surface area contributed by atoms with Crippen LogP contribution in [0.25, 0.3) is 10.2 Å². The fourth-order valence-corrected chi connectivity index (χ4v) is 6.70. The van der Waals surface area contributed by atoms with Crippen LogP contribution in [-0.4, -0.2) is 57.0 Å². The molecule has 1 saturated heterocycles. The third-order valence-corrected chi connectivity index (χ3v) is 8.18.